The number of carbonyl (C=O) groups is 1. The summed E-state index contributed by atoms with van der Waals surface area (Å²) in [6, 6.07) is 16.9. The topological polar surface area (TPSA) is 33.2 Å². The summed E-state index contributed by atoms with van der Waals surface area (Å²) >= 11 is 0. The van der Waals surface area contributed by atoms with E-state index in [0.717, 1.165) is 49.9 Å². The van der Waals surface area contributed by atoms with Gasteiger partial charge in [-0.05, 0) is 79.1 Å². The Bertz CT molecular complexity index is 1070. The molecule has 170 valence electrons. The first kappa shape index (κ1) is 21.7. The average Bonchev–Trinajstić information content (AvgIpc) is 3.20. The molecule has 0 unspecified atom stereocenters. The third-order valence-electron chi connectivity index (χ3n) is 7.53. The SMILES string of the molecule is O=C(CCC(c1ccc(F)cc1)c1ccc(F)cc1)N1CCC2(CCc3cccnc32)CC1. The van der Waals surface area contributed by atoms with Crippen molar-refractivity contribution >= 4 is 5.91 Å². The summed E-state index contributed by atoms with van der Waals surface area (Å²) in [5.74, 6) is -0.522. The van der Waals surface area contributed by atoms with Crippen LogP contribution in [0.2, 0.25) is 0 Å². The molecule has 2 aliphatic rings. The molecule has 5 heteroatoms. The number of carbonyl (C=O) groups excluding carboxylic acids is 1. The lowest BCUT2D eigenvalue weighted by Gasteiger charge is -2.39. The molecular weight excluding hydrogens is 418 g/mol. The molecule has 0 saturated carbocycles. The molecule has 3 nitrogen and oxygen atoms in total. The fraction of sp³-hybridized carbons (Fsp3) is 0.357. The predicted octanol–water partition coefficient (Wildman–Crippen LogP) is 5.78. The lowest BCUT2D eigenvalue weighted by atomic mass is 9.76. The summed E-state index contributed by atoms with van der Waals surface area (Å²) in [7, 11) is 0. The Kier molecular flexibility index (Phi) is 5.96. The monoisotopic (exact) mass is 446 g/mol. The van der Waals surface area contributed by atoms with Gasteiger partial charge in [0.25, 0.3) is 0 Å². The zero-order valence-electron chi connectivity index (χ0n) is 18.6. The number of halogens is 2. The number of hydrogen-bond donors (Lipinski definition) is 0. The molecule has 0 N–H and O–H groups in total. The molecule has 1 aliphatic carbocycles. The van der Waals surface area contributed by atoms with Crippen LogP contribution in [0.15, 0.2) is 66.9 Å². The summed E-state index contributed by atoms with van der Waals surface area (Å²) in [6.07, 6.45) is 7.01. The number of aryl methyl sites for hydroxylation is 1. The minimum Gasteiger partial charge on any atom is -0.343 e. The molecule has 2 aromatic carbocycles. The Morgan fingerprint density at radius 2 is 1.52 bits per heavy atom. The second-order valence-corrected chi connectivity index (χ2v) is 9.37. The van der Waals surface area contributed by atoms with Crippen LogP contribution in [0.5, 0.6) is 0 Å². The third-order valence-corrected chi connectivity index (χ3v) is 7.53. The molecular formula is C28H28F2N2O. The number of fused-ring (bicyclic) bond motifs is 2. The van der Waals surface area contributed by atoms with Crippen LogP contribution >= 0.6 is 0 Å². The van der Waals surface area contributed by atoms with Gasteiger partial charge in [-0.25, -0.2) is 8.78 Å². The Balaban J connectivity index is 1.25. The fourth-order valence-electron chi connectivity index (χ4n) is 5.62. The number of hydrogen-bond acceptors (Lipinski definition) is 2. The van der Waals surface area contributed by atoms with Crippen molar-refractivity contribution in [3.8, 4) is 0 Å². The summed E-state index contributed by atoms with van der Waals surface area (Å²) < 4.78 is 26.9. The summed E-state index contributed by atoms with van der Waals surface area (Å²) in [5, 5.41) is 0. The average molecular weight is 447 g/mol. The van der Waals surface area contributed by atoms with E-state index in [-0.39, 0.29) is 28.9 Å². The van der Waals surface area contributed by atoms with Gasteiger partial charge in [-0.1, -0.05) is 30.3 Å². The molecule has 1 aliphatic heterocycles. The normalized spacial score (nSPS) is 16.9. The van der Waals surface area contributed by atoms with Crippen molar-refractivity contribution in [3.05, 3.63) is 101 Å². The molecule has 2 heterocycles. The standard InChI is InChI=1S/C28H28F2N2O/c29-23-7-3-20(4-8-23)25(21-5-9-24(30)10-6-21)11-12-26(33)32-18-15-28(16-19-32)14-13-22-2-1-17-31-27(22)28/h1-10,17,25H,11-16,18-19H2. The minimum absolute atomic E-state index is 0.0859. The molecule has 1 aromatic heterocycles. The molecule has 1 spiro atoms. The van der Waals surface area contributed by atoms with Crippen LogP contribution in [0.1, 0.15) is 60.4 Å². The van der Waals surface area contributed by atoms with E-state index in [1.807, 2.05) is 17.2 Å². The van der Waals surface area contributed by atoms with Gasteiger partial charge in [0, 0.05) is 42.7 Å². The second-order valence-electron chi connectivity index (χ2n) is 9.37. The third kappa shape index (κ3) is 4.41. The maximum atomic E-state index is 13.5. The van der Waals surface area contributed by atoms with Crippen LogP contribution in [0.3, 0.4) is 0 Å². The zero-order valence-corrected chi connectivity index (χ0v) is 18.6. The van der Waals surface area contributed by atoms with Crippen molar-refractivity contribution in [3.63, 3.8) is 0 Å². The van der Waals surface area contributed by atoms with Gasteiger partial charge in [0.1, 0.15) is 11.6 Å². The first-order chi connectivity index (χ1) is 16.0. The van der Waals surface area contributed by atoms with E-state index in [1.165, 1.54) is 35.5 Å². The van der Waals surface area contributed by atoms with Gasteiger partial charge in [0.05, 0.1) is 0 Å². The molecule has 5 rings (SSSR count). The molecule has 0 atom stereocenters. The van der Waals surface area contributed by atoms with E-state index in [9.17, 15) is 13.6 Å². The minimum atomic E-state index is -0.294. The van der Waals surface area contributed by atoms with Crippen molar-refractivity contribution in [1.82, 2.24) is 9.88 Å². The van der Waals surface area contributed by atoms with Crippen molar-refractivity contribution in [2.45, 2.75) is 49.9 Å². The first-order valence-electron chi connectivity index (χ1n) is 11.8. The number of likely N-dealkylation sites (tertiary alicyclic amines) is 1. The highest BCUT2D eigenvalue weighted by molar-refractivity contribution is 5.76. The van der Waals surface area contributed by atoms with Gasteiger partial charge < -0.3 is 4.90 Å². The summed E-state index contributed by atoms with van der Waals surface area (Å²) in [4.78, 5) is 19.8. The maximum absolute atomic E-state index is 13.5. The Morgan fingerprint density at radius 3 is 2.12 bits per heavy atom. The van der Waals surface area contributed by atoms with Gasteiger partial charge in [-0.3, -0.25) is 9.78 Å². The van der Waals surface area contributed by atoms with E-state index in [0.29, 0.717) is 12.8 Å². The second kappa shape index (κ2) is 9.05. The highest BCUT2D eigenvalue weighted by Gasteiger charge is 2.42. The van der Waals surface area contributed by atoms with Crippen molar-refractivity contribution in [2.75, 3.05) is 13.1 Å². The largest absolute Gasteiger partial charge is 0.343 e. The lowest BCUT2D eigenvalue weighted by Crippen LogP contribution is -2.44. The van der Waals surface area contributed by atoms with E-state index < -0.39 is 0 Å². The predicted molar refractivity (Wildman–Crippen MR) is 124 cm³/mol. The number of pyridine rings is 1. The van der Waals surface area contributed by atoms with Crippen LogP contribution in [-0.4, -0.2) is 28.9 Å². The molecule has 33 heavy (non-hydrogen) atoms. The van der Waals surface area contributed by atoms with Crippen LogP contribution in [-0.2, 0) is 16.6 Å². The highest BCUT2D eigenvalue weighted by Crippen LogP contribution is 2.45. The number of amides is 1. The number of rotatable bonds is 5. The Morgan fingerprint density at radius 1 is 0.909 bits per heavy atom. The van der Waals surface area contributed by atoms with Gasteiger partial charge in [0.15, 0.2) is 0 Å². The molecule has 1 fully saturated rings. The van der Waals surface area contributed by atoms with Gasteiger partial charge in [-0.15, -0.1) is 0 Å². The smallest absolute Gasteiger partial charge is 0.222 e. The van der Waals surface area contributed by atoms with Crippen LogP contribution in [0.4, 0.5) is 8.78 Å². The van der Waals surface area contributed by atoms with Crippen LogP contribution < -0.4 is 0 Å². The first-order valence-corrected chi connectivity index (χ1v) is 11.8. The number of nitrogens with zero attached hydrogens (tertiary/aromatic N) is 2. The molecule has 0 radical (unpaired) electrons. The number of aromatic nitrogens is 1. The van der Waals surface area contributed by atoms with E-state index in [2.05, 4.69) is 11.1 Å². The Hall–Kier alpha value is -3.08. The van der Waals surface area contributed by atoms with Crippen molar-refractivity contribution in [1.29, 1.82) is 0 Å². The van der Waals surface area contributed by atoms with Gasteiger partial charge in [-0.2, -0.15) is 0 Å². The van der Waals surface area contributed by atoms with Crippen molar-refractivity contribution in [2.24, 2.45) is 0 Å². The highest BCUT2D eigenvalue weighted by atomic mass is 19.1. The lowest BCUT2D eigenvalue weighted by molar-refractivity contribution is -0.133. The van der Waals surface area contributed by atoms with E-state index in [4.69, 9.17) is 0 Å². The maximum Gasteiger partial charge on any atom is 0.222 e. The van der Waals surface area contributed by atoms with E-state index in [1.54, 1.807) is 24.3 Å². The number of benzene rings is 2. The molecule has 1 amide bonds. The fourth-order valence-corrected chi connectivity index (χ4v) is 5.62. The summed E-state index contributed by atoms with van der Waals surface area (Å²) in [6.45, 7) is 1.51. The Labute approximate surface area is 193 Å². The summed E-state index contributed by atoms with van der Waals surface area (Å²) in [5.41, 5.74) is 4.59. The quantitative estimate of drug-likeness (QED) is 0.498. The molecule has 0 bridgehead atoms. The molecule has 3 aromatic rings. The van der Waals surface area contributed by atoms with Gasteiger partial charge in [0.2, 0.25) is 5.91 Å². The van der Waals surface area contributed by atoms with Crippen LogP contribution in [0.25, 0.3) is 0 Å². The van der Waals surface area contributed by atoms with E-state index >= 15 is 0 Å². The van der Waals surface area contributed by atoms with Crippen LogP contribution in [0, 0.1) is 11.6 Å². The molecule has 1 saturated heterocycles. The number of piperidine rings is 1. The zero-order chi connectivity index (χ0) is 22.8. The van der Waals surface area contributed by atoms with Gasteiger partial charge >= 0.3 is 0 Å². The van der Waals surface area contributed by atoms with Crippen molar-refractivity contribution < 1.29 is 13.6 Å².